The van der Waals surface area contributed by atoms with Crippen LogP contribution in [0.2, 0.25) is 0 Å². The second-order valence-electron chi connectivity index (χ2n) is 4.31. The lowest BCUT2D eigenvalue weighted by Crippen LogP contribution is -2.42. The van der Waals surface area contributed by atoms with Gasteiger partial charge in [-0.15, -0.1) is 0 Å². The molecule has 0 spiro atoms. The minimum atomic E-state index is -0.692. The largest absolute Gasteiger partial charge is 0.481 e. The van der Waals surface area contributed by atoms with Crippen LogP contribution < -0.4 is 4.74 Å². The molecule has 4 heteroatoms. The number of fused-ring (bicyclic) bond motifs is 1. The van der Waals surface area contributed by atoms with E-state index in [2.05, 4.69) is 0 Å². The van der Waals surface area contributed by atoms with Gasteiger partial charge in [0.25, 0.3) is 0 Å². The van der Waals surface area contributed by atoms with E-state index in [1.54, 1.807) is 11.8 Å². The van der Waals surface area contributed by atoms with Crippen LogP contribution in [0.25, 0.3) is 0 Å². The van der Waals surface area contributed by atoms with Gasteiger partial charge < -0.3 is 9.84 Å². The van der Waals surface area contributed by atoms with Gasteiger partial charge in [-0.05, 0) is 30.5 Å². The zero-order valence-electron chi connectivity index (χ0n) is 8.73. The molecule has 0 bridgehead atoms. The Kier molecular flexibility index (Phi) is 2.14. The van der Waals surface area contributed by atoms with E-state index in [1.165, 1.54) is 0 Å². The number of aliphatic carboxylic acids is 1. The van der Waals surface area contributed by atoms with E-state index in [9.17, 15) is 9.90 Å². The molecule has 0 unspecified atom stereocenters. The summed E-state index contributed by atoms with van der Waals surface area (Å²) < 4.78 is 5.39. The van der Waals surface area contributed by atoms with Gasteiger partial charge in [0.15, 0.2) is 0 Å². The third-order valence-electron chi connectivity index (χ3n) is 3.54. The molecule has 1 heterocycles. The molecule has 16 heavy (non-hydrogen) atoms. The van der Waals surface area contributed by atoms with Crippen LogP contribution in [0, 0.1) is 0 Å². The molecule has 1 N–H and O–H groups in total. The fourth-order valence-electron chi connectivity index (χ4n) is 2.35. The summed E-state index contributed by atoms with van der Waals surface area (Å²) in [5, 5.41) is 9.35. The standard InChI is InChI=1S/C12H12O3S/c13-11(14)12(4-1-5-12)8-2-3-9-10(6-8)16-7-15-9/h2-3,6H,1,4-5,7H2,(H,13,14). The molecule has 2 aliphatic rings. The monoisotopic (exact) mass is 236 g/mol. The predicted molar refractivity (Wildman–Crippen MR) is 61.0 cm³/mol. The number of hydrogen-bond acceptors (Lipinski definition) is 3. The molecule has 0 radical (unpaired) electrons. The van der Waals surface area contributed by atoms with Crippen molar-refractivity contribution in [1.29, 1.82) is 0 Å². The molecule has 3 nitrogen and oxygen atoms in total. The Hall–Kier alpha value is -1.16. The Bertz CT molecular complexity index is 452. The molecule has 3 rings (SSSR count). The number of ether oxygens (including phenoxy) is 1. The number of rotatable bonds is 2. The molecule has 1 aliphatic heterocycles. The highest BCUT2D eigenvalue weighted by Gasteiger charge is 2.46. The first-order chi connectivity index (χ1) is 7.72. The summed E-state index contributed by atoms with van der Waals surface area (Å²) in [7, 11) is 0. The summed E-state index contributed by atoms with van der Waals surface area (Å²) in [6, 6.07) is 5.78. The summed E-state index contributed by atoms with van der Waals surface area (Å²) in [4.78, 5) is 12.4. The van der Waals surface area contributed by atoms with E-state index in [0.717, 1.165) is 35.5 Å². The van der Waals surface area contributed by atoms with Crippen LogP contribution in [0.4, 0.5) is 0 Å². The number of carboxylic acid groups (broad SMARTS) is 1. The number of benzene rings is 1. The van der Waals surface area contributed by atoms with Crippen molar-refractivity contribution >= 4 is 17.7 Å². The van der Waals surface area contributed by atoms with Crippen molar-refractivity contribution in [2.75, 3.05) is 5.94 Å². The lowest BCUT2D eigenvalue weighted by atomic mass is 9.64. The van der Waals surface area contributed by atoms with Gasteiger partial charge in [0.05, 0.1) is 10.3 Å². The molecule has 0 saturated heterocycles. The van der Waals surface area contributed by atoms with Crippen LogP contribution in [0.3, 0.4) is 0 Å². The van der Waals surface area contributed by atoms with Crippen molar-refractivity contribution in [3.8, 4) is 5.75 Å². The minimum absolute atomic E-state index is 0.627. The quantitative estimate of drug-likeness (QED) is 0.857. The molecule has 0 amide bonds. The molecular formula is C12H12O3S. The summed E-state index contributed by atoms with van der Waals surface area (Å²) in [6.07, 6.45) is 2.52. The fraction of sp³-hybridized carbons (Fsp3) is 0.417. The van der Waals surface area contributed by atoms with E-state index in [4.69, 9.17) is 4.74 Å². The average Bonchev–Trinajstić information content (AvgIpc) is 2.62. The molecule has 1 fully saturated rings. The number of carboxylic acids is 1. The predicted octanol–water partition coefficient (Wildman–Crippen LogP) is 2.63. The molecule has 1 aliphatic carbocycles. The summed E-state index contributed by atoms with van der Waals surface area (Å²) in [6.45, 7) is 0. The highest BCUT2D eigenvalue weighted by atomic mass is 32.2. The van der Waals surface area contributed by atoms with Crippen molar-refractivity contribution in [2.24, 2.45) is 0 Å². The van der Waals surface area contributed by atoms with Gasteiger partial charge in [-0.2, -0.15) is 0 Å². The van der Waals surface area contributed by atoms with Crippen molar-refractivity contribution < 1.29 is 14.6 Å². The summed E-state index contributed by atoms with van der Waals surface area (Å²) in [5.41, 5.74) is 0.307. The van der Waals surface area contributed by atoms with E-state index in [1.807, 2.05) is 18.2 Å². The third kappa shape index (κ3) is 1.26. The van der Waals surface area contributed by atoms with E-state index >= 15 is 0 Å². The average molecular weight is 236 g/mol. The van der Waals surface area contributed by atoms with Gasteiger partial charge in [-0.3, -0.25) is 4.79 Å². The zero-order valence-corrected chi connectivity index (χ0v) is 9.55. The number of hydrogen-bond donors (Lipinski definition) is 1. The van der Waals surface area contributed by atoms with E-state index < -0.39 is 11.4 Å². The Morgan fingerprint density at radius 2 is 2.25 bits per heavy atom. The van der Waals surface area contributed by atoms with Crippen molar-refractivity contribution in [3.63, 3.8) is 0 Å². The number of thioether (sulfide) groups is 1. The first-order valence-corrected chi connectivity index (χ1v) is 6.34. The smallest absolute Gasteiger partial charge is 0.314 e. The molecule has 84 valence electrons. The Morgan fingerprint density at radius 3 is 2.88 bits per heavy atom. The lowest BCUT2D eigenvalue weighted by Gasteiger charge is -2.38. The maximum atomic E-state index is 11.4. The molecule has 1 saturated carbocycles. The van der Waals surface area contributed by atoms with Crippen molar-refractivity contribution in [1.82, 2.24) is 0 Å². The second kappa shape index (κ2) is 3.42. The topological polar surface area (TPSA) is 46.5 Å². The van der Waals surface area contributed by atoms with Crippen LogP contribution in [-0.4, -0.2) is 17.0 Å². The van der Waals surface area contributed by atoms with Gasteiger partial charge in [0.2, 0.25) is 0 Å². The fourth-order valence-corrected chi connectivity index (χ4v) is 3.14. The van der Waals surface area contributed by atoms with Crippen LogP contribution in [0.1, 0.15) is 24.8 Å². The zero-order chi connectivity index (χ0) is 11.2. The van der Waals surface area contributed by atoms with Gasteiger partial charge in [-0.25, -0.2) is 0 Å². The Balaban J connectivity index is 2.03. The van der Waals surface area contributed by atoms with Crippen LogP contribution in [0.5, 0.6) is 5.75 Å². The first kappa shape index (κ1) is 10.0. The first-order valence-electron chi connectivity index (χ1n) is 5.36. The molecule has 1 aromatic carbocycles. The van der Waals surface area contributed by atoms with Crippen LogP contribution >= 0.6 is 11.8 Å². The number of carbonyl (C=O) groups is 1. The van der Waals surface area contributed by atoms with Crippen molar-refractivity contribution in [3.05, 3.63) is 23.8 Å². The summed E-state index contributed by atoms with van der Waals surface area (Å²) in [5.74, 6) is 0.829. The molecule has 1 aromatic rings. The lowest BCUT2D eigenvalue weighted by molar-refractivity contribution is -0.147. The van der Waals surface area contributed by atoms with Crippen molar-refractivity contribution in [2.45, 2.75) is 29.6 Å². The summed E-state index contributed by atoms with van der Waals surface area (Å²) >= 11 is 1.63. The maximum absolute atomic E-state index is 11.4. The Morgan fingerprint density at radius 1 is 1.44 bits per heavy atom. The van der Waals surface area contributed by atoms with Gasteiger partial charge >= 0.3 is 5.97 Å². The van der Waals surface area contributed by atoms with Gasteiger partial charge in [0, 0.05) is 0 Å². The van der Waals surface area contributed by atoms with E-state index in [-0.39, 0.29) is 0 Å². The second-order valence-corrected chi connectivity index (χ2v) is 5.27. The van der Waals surface area contributed by atoms with Gasteiger partial charge in [-0.1, -0.05) is 24.2 Å². The van der Waals surface area contributed by atoms with E-state index in [0.29, 0.717) is 5.94 Å². The van der Waals surface area contributed by atoms with Gasteiger partial charge in [0.1, 0.15) is 11.7 Å². The van der Waals surface area contributed by atoms with Crippen LogP contribution in [0.15, 0.2) is 23.1 Å². The Labute approximate surface area is 97.8 Å². The maximum Gasteiger partial charge on any atom is 0.314 e. The molecular weight excluding hydrogens is 224 g/mol. The highest BCUT2D eigenvalue weighted by Crippen LogP contribution is 2.47. The molecule has 0 atom stereocenters. The highest BCUT2D eigenvalue weighted by molar-refractivity contribution is 7.99. The SMILES string of the molecule is O=C(O)C1(c2ccc3c(c2)SCO3)CCC1. The minimum Gasteiger partial charge on any atom is -0.481 e. The molecule has 0 aromatic heterocycles. The third-order valence-corrected chi connectivity index (χ3v) is 4.41. The van der Waals surface area contributed by atoms with Crippen LogP contribution in [-0.2, 0) is 10.2 Å². The normalized spacial score (nSPS) is 20.8.